The van der Waals surface area contributed by atoms with Gasteiger partial charge in [-0.2, -0.15) is 5.26 Å². The molecule has 0 radical (unpaired) electrons. The van der Waals surface area contributed by atoms with Gasteiger partial charge in [-0.25, -0.2) is 12.8 Å². The Morgan fingerprint density at radius 2 is 2.29 bits per heavy atom. The van der Waals surface area contributed by atoms with Crippen LogP contribution in [0.1, 0.15) is 6.42 Å². The molecule has 0 saturated carbocycles. The second-order valence-corrected chi connectivity index (χ2v) is 6.02. The van der Waals surface area contributed by atoms with Crippen molar-refractivity contribution in [1.82, 2.24) is 0 Å². The van der Waals surface area contributed by atoms with E-state index in [9.17, 15) is 12.8 Å². The van der Waals surface area contributed by atoms with E-state index in [2.05, 4.69) is 0 Å². The minimum atomic E-state index is -3.50. The lowest BCUT2D eigenvalue weighted by Crippen LogP contribution is -2.42. The number of anilines is 1. The maximum atomic E-state index is 13.1. The minimum Gasteiger partial charge on any atom is -0.368 e. The number of hydrogen-bond acceptors (Lipinski definition) is 4. The monoisotopic (exact) mass is 254 g/mol. The van der Waals surface area contributed by atoms with Crippen molar-refractivity contribution in [1.29, 1.82) is 5.26 Å². The normalized spacial score (nSPS) is 21.7. The van der Waals surface area contributed by atoms with Crippen molar-refractivity contribution in [2.24, 2.45) is 0 Å². The summed E-state index contributed by atoms with van der Waals surface area (Å²) < 4.78 is 37.0. The van der Waals surface area contributed by atoms with Crippen LogP contribution in [-0.4, -0.2) is 27.3 Å². The molecular formula is C11H11FN2O2S. The van der Waals surface area contributed by atoms with E-state index in [0.29, 0.717) is 5.69 Å². The van der Waals surface area contributed by atoms with Crippen molar-refractivity contribution in [3.05, 3.63) is 24.0 Å². The van der Waals surface area contributed by atoms with Crippen LogP contribution in [0.5, 0.6) is 0 Å². The first-order valence-corrected chi connectivity index (χ1v) is 6.73. The molecule has 0 bridgehead atoms. The fourth-order valence-electron chi connectivity index (χ4n) is 1.98. The Bertz CT molecular complexity index is 592. The third kappa shape index (κ3) is 1.98. The van der Waals surface area contributed by atoms with E-state index in [4.69, 9.17) is 5.26 Å². The molecular weight excluding hydrogens is 243 g/mol. The molecule has 0 spiro atoms. The van der Waals surface area contributed by atoms with Gasteiger partial charge in [0, 0.05) is 7.05 Å². The molecule has 0 saturated heterocycles. The Morgan fingerprint density at radius 3 is 2.94 bits per heavy atom. The lowest BCUT2D eigenvalue weighted by Gasteiger charge is -2.34. The molecule has 1 aromatic rings. The summed E-state index contributed by atoms with van der Waals surface area (Å²) in [5, 5.41) is 8.67. The number of rotatable bonds is 1. The first-order valence-electron chi connectivity index (χ1n) is 5.08. The van der Waals surface area contributed by atoms with Gasteiger partial charge in [-0.3, -0.25) is 0 Å². The standard InChI is InChI=1S/C11H11FN2O2S/c1-14-9(4-5-13)7-17(15,16)11-6-8(12)2-3-10(11)14/h2-3,6,9H,4,7H2,1H3. The fourth-order valence-corrected chi connectivity index (χ4v) is 3.83. The summed E-state index contributed by atoms with van der Waals surface area (Å²) in [5.74, 6) is -0.715. The summed E-state index contributed by atoms with van der Waals surface area (Å²) in [6.45, 7) is 0. The number of nitriles is 1. The molecule has 90 valence electrons. The zero-order valence-electron chi connectivity index (χ0n) is 9.22. The van der Waals surface area contributed by atoms with Crippen LogP contribution >= 0.6 is 0 Å². The second kappa shape index (κ2) is 4.00. The molecule has 2 rings (SSSR count). The van der Waals surface area contributed by atoms with Gasteiger partial charge in [-0.05, 0) is 18.2 Å². The van der Waals surface area contributed by atoms with E-state index in [0.717, 1.165) is 6.07 Å². The lowest BCUT2D eigenvalue weighted by atomic mass is 10.2. The third-order valence-corrected chi connectivity index (χ3v) is 4.74. The van der Waals surface area contributed by atoms with Gasteiger partial charge in [0.15, 0.2) is 9.84 Å². The fraction of sp³-hybridized carbons (Fsp3) is 0.364. The van der Waals surface area contributed by atoms with Crippen LogP contribution in [0.3, 0.4) is 0 Å². The van der Waals surface area contributed by atoms with Crippen molar-refractivity contribution in [2.75, 3.05) is 17.7 Å². The molecule has 1 aromatic carbocycles. The summed E-state index contributed by atoms with van der Waals surface area (Å²) >= 11 is 0. The first-order chi connectivity index (χ1) is 7.95. The van der Waals surface area contributed by atoms with Crippen molar-refractivity contribution in [3.63, 3.8) is 0 Å². The molecule has 1 unspecified atom stereocenters. The molecule has 0 fully saturated rings. The van der Waals surface area contributed by atoms with Crippen LogP contribution < -0.4 is 4.90 Å². The van der Waals surface area contributed by atoms with Gasteiger partial charge in [-0.15, -0.1) is 0 Å². The van der Waals surface area contributed by atoms with Gasteiger partial charge in [0.1, 0.15) is 5.82 Å². The summed E-state index contributed by atoms with van der Waals surface area (Å²) in [6, 6.07) is 5.28. The topological polar surface area (TPSA) is 61.2 Å². The maximum absolute atomic E-state index is 13.1. The highest BCUT2D eigenvalue weighted by molar-refractivity contribution is 7.91. The van der Waals surface area contributed by atoms with Gasteiger partial charge in [0.2, 0.25) is 0 Å². The lowest BCUT2D eigenvalue weighted by molar-refractivity contribution is 0.568. The largest absolute Gasteiger partial charge is 0.368 e. The summed E-state index contributed by atoms with van der Waals surface area (Å²) in [7, 11) is -1.79. The molecule has 1 aliphatic rings. The molecule has 17 heavy (non-hydrogen) atoms. The van der Waals surface area contributed by atoms with Crippen LogP contribution in [0.25, 0.3) is 0 Å². The number of benzene rings is 1. The number of nitrogens with zero attached hydrogens (tertiary/aromatic N) is 2. The van der Waals surface area contributed by atoms with E-state index in [1.165, 1.54) is 12.1 Å². The van der Waals surface area contributed by atoms with Crippen LogP contribution in [-0.2, 0) is 9.84 Å². The zero-order valence-corrected chi connectivity index (χ0v) is 10.0. The summed E-state index contributed by atoms with van der Waals surface area (Å²) in [6.07, 6.45) is 0.131. The highest BCUT2D eigenvalue weighted by Crippen LogP contribution is 2.33. The van der Waals surface area contributed by atoms with Crippen molar-refractivity contribution in [2.45, 2.75) is 17.4 Å². The van der Waals surface area contributed by atoms with Gasteiger partial charge >= 0.3 is 0 Å². The zero-order chi connectivity index (χ0) is 12.6. The van der Waals surface area contributed by atoms with Crippen molar-refractivity contribution in [3.8, 4) is 6.07 Å². The molecule has 1 atom stereocenters. The Kier molecular flexibility index (Phi) is 2.79. The van der Waals surface area contributed by atoms with Gasteiger partial charge in [0.25, 0.3) is 0 Å². The average molecular weight is 254 g/mol. The van der Waals surface area contributed by atoms with Crippen molar-refractivity contribution >= 4 is 15.5 Å². The van der Waals surface area contributed by atoms with Crippen LogP contribution in [0, 0.1) is 17.1 Å². The predicted octanol–water partition coefficient (Wildman–Crippen LogP) is 1.33. The molecule has 0 N–H and O–H groups in total. The molecule has 1 heterocycles. The second-order valence-electron chi connectivity index (χ2n) is 4.02. The smallest absolute Gasteiger partial charge is 0.182 e. The first kappa shape index (κ1) is 11.9. The highest BCUT2D eigenvalue weighted by atomic mass is 32.2. The van der Waals surface area contributed by atoms with E-state index in [-0.39, 0.29) is 23.1 Å². The van der Waals surface area contributed by atoms with Gasteiger partial charge < -0.3 is 4.90 Å². The third-order valence-electron chi connectivity index (χ3n) is 2.92. The number of sulfone groups is 1. The quantitative estimate of drug-likeness (QED) is 0.758. The van der Waals surface area contributed by atoms with Gasteiger partial charge in [0.05, 0.1) is 34.9 Å². The minimum absolute atomic E-state index is 0.00851. The Morgan fingerprint density at radius 1 is 1.59 bits per heavy atom. The highest BCUT2D eigenvalue weighted by Gasteiger charge is 2.33. The van der Waals surface area contributed by atoms with E-state index in [1.807, 2.05) is 6.07 Å². The molecule has 0 aliphatic carbocycles. The Hall–Kier alpha value is -1.61. The van der Waals surface area contributed by atoms with Crippen LogP contribution in [0.15, 0.2) is 23.1 Å². The Balaban J connectivity index is 2.58. The molecule has 1 aliphatic heterocycles. The van der Waals surface area contributed by atoms with E-state index >= 15 is 0 Å². The predicted molar refractivity (Wildman–Crippen MR) is 60.9 cm³/mol. The van der Waals surface area contributed by atoms with Crippen LogP contribution in [0.4, 0.5) is 10.1 Å². The van der Waals surface area contributed by atoms with Gasteiger partial charge in [-0.1, -0.05) is 0 Å². The van der Waals surface area contributed by atoms with Crippen LogP contribution in [0.2, 0.25) is 0 Å². The molecule has 0 aromatic heterocycles. The average Bonchev–Trinajstić information content (AvgIpc) is 2.26. The molecule has 0 amide bonds. The van der Waals surface area contributed by atoms with E-state index in [1.54, 1.807) is 11.9 Å². The summed E-state index contributed by atoms with van der Waals surface area (Å²) in [5.41, 5.74) is 0.456. The van der Waals surface area contributed by atoms with Crippen molar-refractivity contribution < 1.29 is 12.8 Å². The maximum Gasteiger partial charge on any atom is 0.182 e. The summed E-state index contributed by atoms with van der Waals surface area (Å²) in [4.78, 5) is 1.73. The molecule has 4 nitrogen and oxygen atoms in total. The van der Waals surface area contributed by atoms with E-state index < -0.39 is 15.7 Å². The Labute approximate surface area is 99.2 Å². The number of fused-ring (bicyclic) bond motifs is 1. The SMILES string of the molecule is CN1c2ccc(F)cc2S(=O)(=O)CC1CC#N. The number of hydrogen-bond donors (Lipinski definition) is 0. The molecule has 6 heteroatoms. The number of halogens is 1.